The lowest BCUT2D eigenvalue weighted by molar-refractivity contribution is 0.0601. The van der Waals surface area contributed by atoms with E-state index in [9.17, 15) is 14.4 Å². The number of thioether (sulfide) groups is 1. The zero-order valence-electron chi connectivity index (χ0n) is 19.4. The van der Waals surface area contributed by atoms with Crippen molar-refractivity contribution in [1.29, 1.82) is 0 Å². The van der Waals surface area contributed by atoms with Crippen LogP contribution in [0.25, 0.3) is 10.2 Å². The van der Waals surface area contributed by atoms with Gasteiger partial charge in [0.25, 0.3) is 0 Å². The monoisotopic (exact) mass is 495 g/mol. The number of urea groups is 2. The topological polar surface area (TPSA) is 127 Å². The number of nitrogens with one attached hydrogen (secondary N) is 2. The fourth-order valence-corrected chi connectivity index (χ4v) is 5.24. The second kappa shape index (κ2) is 13.9. The van der Waals surface area contributed by atoms with E-state index in [1.54, 1.807) is 23.1 Å². The molecule has 1 aromatic heterocycles. The van der Waals surface area contributed by atoms with Crippen molar-refractivity contribution in [1.82, 2.24) is 20.5 Å². The van der Waals surface area contributed by atoms with Crippen molar-refractivity contribution >= 4 is 51.3 Å². The van der Waals surface area contributed by atoms with Crippen LogP contribution in [-0.2, 0) is 4.74 Å². The first kappa shape index (κ1) is 26.7. The summed E-state index contributed by atoms with van der Waals surface area (Å²) in [4.78, 5) is 42.4. The summed E-state index contributed by atoms with van der Waals surface area (Å²) in [6.07, 6.45) is 3.75. The summed E-state index contributed by atoms with van der Waals surface area (Å²) in [5.74, 6) is 0.104. The highest BCUT2D eigenvalue weighted by Gasteiger charge is 2.21. The summed E-state index contributed by atoms with van der Waals surface area (Å²) in [6, 6.07) is 4.13. The lowest BCUT2D eigenvalue weighted by atomic mass is 10.2. The number of rotatable bonds is 13. The van der Waals surface area contributed by atoms with Gasteiger partial charge >= 0.3 is 18.0 Å². The number of benzene rings is 1. The summed E-state index contributed by atoms with van der Waals surface area (Å²) in [6.45, 7) is 5.73. The maximum absolute atomic E-state index is 12.7. The number of primary amides is 1. The standard InChI is InChI=1S/C22H33N5O4S2/c1-4-6-10-24-21(30)27(11-7-5-2)13-16(25-20(23)29)14-32-22-26-17-9-8-15(19(28)31-3)12-18(17)33-22/h8-9,12,16H,4-7,10-11,13-14H2,1-3H3,(H,24,30)(H3,23,25,29). The van der Waals surface area contributed by atoms with Crippen molar-refractivity contribution in [2.45, 2.75) is 49.9 Å². The number of ether oxygens (including phenoxy) is 1. The van der Waals surface area contributed by atoms with Crippen molar-refractivity contribution < 1.29 is 19.1 Å². The summed E-state index contributed by atoms with van der Waals surface area (Å²) in [5, 5.41) is 5.71. The number of esters is 1. The Balaban J connectivity index is 2.07. The van der Waals surface area contributed by atoms with Gasteiger partial charge in [0.1, 0.15) is 0 Å². The Labute approximate surface area is 202 Å². The molecular formula is C22H33N5O4S2. The van der Waals surface area contributed by atoms with E-state index < -0.39 is 12.0 Å². The van der Waals surface area contributed by atoms with Crippen molar-refractivity contribution in [2.75, 3.05) is 32.5 Å². The van der Waals surface area contributed by atoms with E-state index in [0.717, 1.165) is 40.2 Å². The van der Waals surface area contributed by atoms with Crippen LogP contribution in [0.5, 0.6) is 0 Å². The average Bonchev–Trinajstić information content (AvgIpc) is 3.21. The third-order valence-electron chi connectivity index (χ3n) is 4.86. The predicted molar refractivity (Wildman–Crippen MR) is 133 cm³/mol. The van der Waals surface area contributed by atoms with Crippen LogP contribution < -0.4 is 16.4 Å². The minimum Gasteiger partial charge on any atom is -0.465 e. The number of carbonyl (C=O) groups is 3. The highest BCUT2D eigenvalue weighted by molar-refractivity contribution is 8.01. The van der Waals surface area contributed by atoms with Crippen LogP contribution in [0, 0.1) is 0 Å². The maximum Gasteiger partial charge on any atom is 0.337 e. The number of aromatic nitrogens is 1. The van der Waals surface area contributed by atoms with E-state index >= 15 is 0 Å². The van der Waals surface area contributed by atoms with Crippen molar-refractivity contribution in [2.24, 2.45) is 5.73 Å². The quantitative estimate of drug-likeness (QED) is 0.220. The smallest absolute Gasteiger partial charge is 0.337 e. The zero-order chi connectivity index (χ0) is 24.2. The van der Waals surface area contributed by atoms with E-state index in [-0.39, 0.29) is 12.1 Å². The predicted octanol–water partition coefficient (Wildman–Crippen LogP) is 3.82. The van der Waals surface area contributed by atoms with Crippen molar-refractivity contribution in [3.05, 3.63) is 23.8 Å². The van der Waals surface area contributed by atoms with Gasteiger partial charge in [-0.3, -0.25) is 0 Å². The number of carbonyl (C=O) groups excluding carboxylic acids is 3. The normalized spacial score (nSPS) is 11.7. The lowest BCUT2D eigenvalue weighted by Crippen LogP contribution is -2.51. The molecule has 0 radical (unpaired) electrons. The van der Waals surface area contributed by atoms with Gasteiger partial charge in [0.15, 0.2) is 4.34 Å². The number of fused-ring (bicyclic) bond motifs is 1. The Bertz CT molecular complexity index is 937. The first-order valence-corrected chi connectivity index (χ1v) is 12.9. The first-order valence-electron chi connectivity index (χ1n) is 11.1. The van der Waals surface area contributed by atoms with Gasteiger partial charge in [-0.25, -0.2) is 19.4 Å². The molecule has 4 N–H and O–H groups in total. The fourth-order valence-electron chi connectivity index (χ4n) is 3.10. The summed E-state index contributed by atoms with van der Waals surface area (Å²) in [7, 11) is 1.35. The molecule has 0 aliphatic rings. The van der Waals surface area contributed by atoms with Crippen LogP contribution in [0.15, 0.2) is 22.5 Å². The van der Waals surface area contributed by atoms with Crippen LogP contribution in [0.4, 0.5) is 9.59 Å². The minimum absolute atomic E-state index is 0.131. The molecular weight excluding hydrogens is 462 g/mol. The van der Waals surface area contributed by atoms with Crippen LogP contribution in [0.1, 0.15) is 49.9 Å². The van der Waals surface area contributed by atoms with Crippen molar-refractivity contribution in [3.63, 3.8) is 0 Å². The molecule has 0 saturated carbocycles. The largest absolute Gasteiger partial charge is 0.465 e. The molecule has 1 atom stereocenters. The van der Waals surface area contributed by atoms with Gasteiger partial charge in [-0.1, -0.05) is 38.5 Å². The van der Waals surface area contributed by atoms with E-state index in [1.807, 2.05) is 0 Å². The number of unbranched alkanes of at least 4 members (excludes halogenated alkanes) is 2. The summed E-state index contributed by atoms with van der Waals surface area (Å²) >= 11 is 2.94. The Hall–Kier alpha value is -2.53. The molecule has 0 aliphatic carbocycles. The lowest BCUT2D eigenvalue weighted by Gasteiger charge is -2.28. The second-order valence-corrected chi connectivity index (χ2v) is 9.85. The molecule has 182 valence electrons. The van der Waals surface area contributed by atoms with Gasteiger partial charge in [0.2, 0.25) is 0 Å². The molecule has 1 aromatic carbocycles. The van der Waals surface area contributed by atoms with Crippen molar-refractivity contribution in [3.8, 4) is 0 Å². The molecule has 2 rings (SSSR count). The van der Waals surface area contributed by atoms with Crippen LogP contribution in [-0.4, -0.2) is 66.5 Å². The van der Waals surface area contributed by atoms with E-state index in [1.165, 1.54) is 30.2 Å². The molecule has 33 heavy (non-hydrogen) atoms. The number of hydrogen-bond donors (Lipinski definition) is 3. The van der Waals surface area contributed by atoms with E-state index in [0.29, 0.717) is 31.0 Å². The molecule has 1 heterocycles. The molecule has 0 saturated heterocycles. The van der Waals surface area contributed by atoms with Gasteiger partial charge < -0.3 is 26.0 Å². The number of hydrogen-bond acceptors (Lipinski definition) is 7. The number of nitrogens with two attached hydrogens (primary N) is 1. The Morgan fingerprint density at radius 3 is 2.67 bits per heavy atom. The van der Waals surface area contributed by atoms with Gasteiger partial charge in [0, 0.05) is 25.4 Å². The third-order valence-corrected chi connectivity index (χ3v) is 7.18. The molecule has 0 spiro atoms. The highest BCUT2D eigenvalue weighted by Crippen LogP contribution is 2.30. The molecule has 11 heteroatoms. The molecule has 0 fully saturated rings. The Morgan fingerprint density at radius 1 is 1.24 bits per heavy atom. The molecule has 0 aliphatic heterocycles. The number of nitrogens with zero attached hydrogens (tertiary/aromatic N) is 2. The summed E-state index contributed by atoms with van der Waals surface area (Å²) in [5.41, 5.74) is 6.65. The number of thiazole rings is 1. The number of methoxy groups -OCH3 is 1. The van der Waals surface area contributed by atoms with Crippen LogP contribution in [0.3, 0.4) is 0 Å². The molecule has 0 bridgehead atoms. The molecule has 4 amide bonds. The van der Waals surface area contributed by atoms with E-state index in [2.05, 4.69) is 29.5 Å². The molecule has 9 nitrogen and oxygen atoms in total. The second-order valence-electron chi connectivity index (χ2n) is 7.56. The van der Waals surface area contributed by atoms with Gasteiger partial charge in [-0.15, -0.1) is 11.3 Å². The fraction of sp³-hybridized carbons (Fsp3) is 0.545. The van der Waals surface area contributed by atoms with Gasteiger partial charge in [-0.05, 0) is 31.0 Å². The zero-order valence-corrected chi connectivity index (χ0v) is 21.0. The van der Waals surface area contributed by atoms with Crippen LogP contribution >= 0.6 is 23.1 Å². The van der Waals surface area contributed by atoms with Gasteiger partial charge in [-0.2, -0.15) is 0 Å². The SMILES string of the molecule is CCCCNC(=O)N(CCCC)CC(CSc1nc2ccc(C(=O)OC)cc2s1)NC(N)=O. The highest BCUT2D eigenvalue weighted by atomic mass is 32.2. The minimum atomic E-state index is -0.630. The Kier molecular flexibility index (Phi) is 11.2. The number of amides is 4. The first-order chi connectivity index (χ1) is 15.9. The van der Waals surface area contributed by atoms with Crippen LogP contribution in [0.2, 0.25) is 0 Å². The summed E-state index contributed by atoms with van der Waals surface area (Å²) < 4.78 is 6.45. The Morgan fingerprint density at radius 2 is 2.00 bits per heavy atom. The van der Waals surface area contributed by atoms with E-state index in [4.69, 9.17) is 10.5 Å². The van der Waals surface area contributed by atoms with Gasteiger partial charge in [0.05, 0.1) is 28.9 Å². The molecule has 1 unspecified atom stereocenters. The molecule has 2 aromatic rings. The average molecular weight is 496 g/mol. The third kappa shape index (κ3) is 8.73. The maximum atomic E-state index is 12.7.